The van der Waals surface area contributed by atoms with Crippen molar-refractivity contribution in [1.82, 2.24) is 10.2 Å². The van der Waals surface area contributed by atoms with Crippen molar-refractivity contribution < 1.29 is 14.3 Å². The SMILES string of the molecule is Cc1ccccc1CNC(=O)C1CCN(C(=O)N2CCOc3ccc(Cl)cc32)CC1. The fourth-order valence-electron chi connectivity index (χ4n) is 4.03. The zero-order valence-electron chi connectivity index (χ0n) is 17.1. The number of benzene rings is 2. The van der Waals surface area contributed by atoms with Crippen LogP contribution in [0.3, 0.4) is 0 Å². The monoisotopic (exact) mass is 427 g/mol. The summed E-state index contributed by atoms with van der Waals surface area (Å²) >= 11 is 6.12. The zero-order chi connectivity index (χ0) is 21.1. The summed E-state index contributed by atoms with van der Waals surface area (Å²) in [5.41, 5.74) is 3.00. The van der Waals surface area contributed by atoms with E-state index in [4.69, 9.17) is 16.3 Å². The van der Waals surface area contributed by atoms with E-state index >= 15 is 0 Å². The topological polar surface area (TPSA) is 61.9 Å². The Morgan fingerprint density at radius 1 is 1.13 bits per heavy atom. The molecule has 0 saturated carbocycles. The second kappa shape index (κ2) is 8.96. The minimum absolute atomic E-state index is 0.0550. The molecule has 1 fully saturated rings. The highest BCUT2D eigenvalue weighted by Gasteiger charge is 2.32. The van der Waals surface area contributed by atoms with Crippen molar-refractivity contribution in [2.24, 2.45) is 5.92 Å². The van der Waals surface area contributed by atoms with Crippen LogP contribution in [-0.4, -0.2) is 43.1 Å². The van der Waals surface area contributed by atoms with Crippen LogP contribution in [0.25, 0.3) is 0 Å². The molecule has 2 aliphatic heterocycles. The Kier molecular flexibility index (Phi) is 6.13. The molecular weight excluding hydrogens is 402 g/mol. The van der Waals surface area contributed by atoms with E-state index in [1.54, 1.807) is 23.1 Å². The van der Waals surface area contributed by atoms with Gasteiger partial charge in [0, 0.05) is 30.6 Å². The molecule has 1 saturated heterocycles. The maximum atomic E-state index is 13.1. The number of amides is 3. The Morgan fingerprint density at radius 3 is 2.67 bits per heavy atom. The number of nitrogens with zero attached hydrogens (tertiary/aromatic N) is 2. The Balaban J connectivity index is 1.32. The number of fused-ring (bicyclic) bond motifs is 1. The average molecular weight is 428 g/mol. The van der Waals surface area contributed by atoms with E-state index in [0.717, 1.165) is 5.56 Å². The standard InChI is InChI=1S/C23H26ClN3O3/c1-16-4-2-3-5-18(16)15-25-22(28)17-8-10-26(11-9-17)23(29)27-12-13-30-21-7-6-19(24)14-20(21)27/h2-7,14,17H,8-13,15H2,1H3,(H,25,28). The third-order valence-corrected chi connectivity index (χ3v) is 6.10. The number of halogens is 1. The number of likely N-dealkylation sites (tertiary alicyclic amines) is 1. The van der Waals surface area contributed by atoms with Gasteiger partial charge < -0.3 is 15.0 Å². The van der Waals surface area contributed by atoms with E-state index in [1.165, 1.54) is 5.56 Å². The summed E-state index contributed by atoms with van der Waals surface area (Å²) in [6.45, 7) is 4.66. The van der Waals surface area contributed by atoms with Crippen molar-refractivity contribution in [3.05, 3.63) is 58.6 Å². The maximum Gasteiger partial charge on any atom is 0.324 e. The Labute approximate surface area is 181 Å². The Hall–Kier alpha value is -2.73. The van der Waals surface area contributed by atoms with E-state index in [1.807, 2.05) is 36.1 Å². The molecule has 2 aromatic rings. The molecule has 7 heteroatoms. The lowest BCUT2D eigenvalue weighted by atomic mass is 9.96. The van der Waals surface area contributed by atoms with Crippen LogP contribution in [0.2, 0.25) is 5.02 Å². The maximum absolute atomic E-state index is 13.1. The number of nitrogens with one attached hydrogen (secondary N) is 1. The van der Waals surface area contributed by atoms with Gasteiger partial charge in [-0.2, -0.15) is 0 Å². The number of ether oxygens (including phenoxy) is 1. The normalized spacial score (nSPS) is 16.6. The molecule has 6 nitrogen and oxygen atoms in total. The fourth-order valence-corrected chi connectivity index (χ4v) is 4.19. The smallest absolute Gasteiger partial charge is 0.324 e. The molecule has 2 aliphatic rings. The summed E-state index contributed by atoms with van der Waals surface area (Å²) in [7, 11) is 0. The van der Waals surface area contributed by atoms with Crippen molar-refractivity contribution in [3.63, 3.8) is 0 Å². The zero-order valence-corrected chi connectivity index (χ0v) is 17.8. The first-order chi connectivity index (χ1) is 14.5. The Bertz CT molecular complexity index is 941. The van der Waals surface area contributed by atoms with Gasteiger partial charge in [-0.1, -0.05) is 35.9 Å². The number of piperidine rings is 1. The average Bonchev–Trinajstić information content (AvgIpc) is 2.77. The van der Waals surface area contributed by atoms with E-state index < -0.39 is 0 Å². The second-order valence-corrected chi connectivity index (χ2v) is 8.24. The number of rotatable bonds is 3. The third-order valence-electron chi connectivity index (χ3n) is 5.87. The molecule has 2 heterocycles. The van der Waals surface area contributed by atoms with Crippen LogP contribution in [0, 0.1) is 12.8 Å². The lowest BCUT2D eigenvalue weighted by Crippen LogP contribution is -2.50. The van der Waals surface area contributed by atoms with Gasteiger partial charge in [0.25, 0.3) is 0 Å². The number of aryl methyl sites for hydroxylation is 1. The first kappa shape index (κ1) is 20.5. The van der Waals surface area contributed by atoms with Crippen molar-refractivity contribution in [1.29, 1.82) is 0 Å². The highest BCUT2D eigenvalue weighted by molar-refractivity contribution is 6.31. The van der Waals surface area contributed by atoms with Crippen LogP contribution >= 0.6 is 11.6 Å². The van der Waals surface area contributed by atoms with Crippen LogP contribution in [0.1, 0.15) is 24.0 Å². The van der Waals surface area contributed by atoms with Crippen LogP contribution in [-0.2, 0) is 11.3 Å². The lowest BCUT2D eigenvalue weighted by Gasteiger charge is -2.37. The van der Waals surface area contributed by atoms with Crippen LogP contribution < -0.4 is 15.0 Å². The molecule has 158 valence electrons. The summed E-state index contributed by atoms with van der Waals surface area (Å²) in [4.78, 5) is 29.3. The largest absolute Gasteiger partial charge is 0.490 e. The summed E-state index contributed by atoms with van der Waals surface area (Å²) < 4.78 is 5.64. The van der Waals surface area contributed by atoms with Gasteiger partial charge in [0.2, 0.25) is 5.91 Å². The second-order valence-electron chi connectivity index (χ2n) is 7.80. The van der Waals surface area contributed by atoms with Crippen molar-refractivity contribution in [2.75, 3.05) is 31.1 Å². The minimum Gasteiger partial charge on any atom is -0.490 e. The van der Waals surface area contributed by atoms with Gasteiger partial charge in [-0.05, 0) is 49.1 Å². The van der Waals surface area contributed by atoms with Gasteiger partial charge in [-0.15, -0.1) is 0 Å². The predicted octanol–water partition coefficient (Wildman–Crippen LogP) is 4.00. The Morgan fingerprint density at radius 2 is 1.90 bits per heavy atom. The van der Waals surface area contributed by atoms with Gasteiger partial charge in [0.1, 0.15) is 12.4 Å². The van der Waals surface area contributed by atoms with Crippen molar-refractivity contribution in [3.8, 4) is 5.75 Å². The summed E-state index contributed by atoms with van der Waals surface area (Å²) in [6.07, 6.45) is 1.33. The number of anilines is 1. The van der Waals surface area contributed by atoms with E-state index in [-0.39, 0.29) is 17.9 Å². The van der Waals surface area contributed by atoms with Gasteiger partial charge in [-0.3, -0.25) is 9.69 Å². The van der Waals surface area contributed by atoms with Gasteiger partial charge in [0.15, 0.2) is 0 Å². The molecule has 0 atom stereocenters. The van der Waals surface area contributed by atoms with Gasteiger partial charge >= 0.3 is 6.03 Å². The van der Waals surface area contributed by atoms with Crippen molar-refractivity contribution >= 4 is 29.2 Å². The first-order valence-electron chi connectivity index (χ1n) is 10.3. The molecule has 4 rings (SSSR count). The first-order valence-corrected chi connectivity index (χ1v) is 10.7. The predicted molar refractivity (Wildman–Crippen MR) is 117 cm³/mol. The van der Waals surface area contributed by atoms with Crippen molar-refractivity contribution in [2.45, 2.75) is 26.3 Å². The van der Waals surface area contributed by atoms with E-state index in [9.17, 15) is 9.59 Å². The van der Waals surface area contributed by atoms with E-state index in [2.05, 4.69) is 5.32 Å². The molecule has 1 N–H and O–H groups in total. The third kappa shape index (κ3) is 4.38. The molecule has 30 heavy (non-hydrogen) atoms. The van der Waals surface area contributed by atoms with Gasteiger partial charge in [-0.25, -0.2) is 4.79 Å². The molecular formula is C23H26ClN3O3. The summed E-state index contributed by atoms with van der Waals surface area (Å²) in [6, 6.07) is 13.3. The molecule has 0 radical (unpaired) electrons. The summed E-state index contributed by atoms with van der Waals surface area (Å²) in [5, 5.41) is 3.62. The molecule has 0 aromatic heterocycles. The quantitative estimate of drug-likeness (QED) is 0.805. The summed E-state index contributed by atoms with van der Waals surface area (Å²) in [5.74, 6) is 0.669. The molecule has 0 unspecified atom stereocenters. The fraction of sp³-hybridized carbons (Fsp3) is 0.391. The molecule has 3 amide bonds. The van der Waals surface area contributed by atoms with Crippen LogP contribution in [0.15, 0.2) is 42.5 Å². The molecule has 2 aromatic carbocycles. The lowest BCUT2D eigenvalue weighted by molar-refractivity contribution is -0.126. The van der Waals surface area contributed by atoms with Crippen LogP contribution in [0.5, 0.6) is 5.75 Å². The number of hydrogen-bond donors (Lipinski definition) is 1. The van der Waals surface area contributed by atoms with Gasteiger partial charge in [0.05, 0.1) is 12.2 Å². The molecule has 0 spiro atoms. The number of carbonyl (C=O) groups is 2. The highest BCUT2D eigenvalue weighted by Crippen LogP contribution is 2.35. The minimum atomic E-state index is -0.0653. The highest BCUT2D eigenvalue weighted by atomic mass is 35.5. The molecule has 0 bridgehead atoms. The molecule has 0 aliphatic carbocycles. The number of hydrogen-bond acceptors (Lipinski definition) is 3. The van der Waals surface area contributed by atoms with E-state index in [0.29, 0.717) is 62.1 Å². The number of carbonyl (C=O) groups excluding carboxylic acids is 2. The number of urea groups is 1. The van der Waals surface area contributed by atoms with Crippen LogP contribution in [0.4, 0.5) is 10.5 Å².